The first-order chi connectivity index (χ1) is 12.7. The fourth-order valence-electron chi connectivity index (χ4n) is 2.98. The lowest BCUT2D eigenvalue weighted by Crippen LogP contribution is -3.14. The largest absolute Gasteiger partial charge is 0.486 e. The van der Waals surface area contributed by atoms with Crippen LogP contribution in [0.25, 0.3) is 0 Å². The number of ether oxygens (including phenoxy) is 3. The summed E-state index contributed by atoms with van der Waals surface area (Å²) in [7, 11) is 0. The van der Waals surface area contributed by atoms with Gasteiger partial charge in [-0.25, -0.2) is 0 Å². The average Bonchev–Trinajstić information content (AvgIpc) is 2.70. The first-order valence-electron chi connectivity index (χ1n) is 9.08. The van der Waals surface area contributed by atoms with Gasteiger partial charge in [0.25, 0.3) is 0 Å². The smallest absolute Gasteiger partial charge is 0.309 e. The molecule has 2 heterocycles. The van der Waals surface area contributed by atoms with E-state index in [1.54, 1.807) is 0 Å². The molecule has 2 aliphatic rings. The van der Waals surface area contributed by atoms with Crippen molar-refractivity contribution in [2.24, 2.45) is 0 Å². The second-order valence-corrected chi connectivity index (χ2v) is 6.43. The van der Waals surface area contributed by atoms with E-state index in [1.165, 1.54) is 4.90 Å². The second kappa shape index (κ2) is 9.40. The Kier molecular flexibility index (Phi) is 6.68. The van der Waals surface area contributed by atoms with Gasteiger partial charge >= 0.3 is 11.8 Å². The number of rotatable bonds is 6. The van der Waals surface area contributed by atoms with E-state index in [-0.39, 0.29) is 12.6 Å². The van der Waals surface area contributed by atoms with Crippen LogP contribution in [0.5, 0.6) is 11.5 Å². The van der Waals surface area contributed by atoms with Gasteiger partial charge in [0.1, 0.15) is 25.8 Å². The number of para-hydroxylation sites is 2. The Balaban J connectivity index is 1.30. The number of quaternary nitrogens is 1. The maximum Gasteiger partial charge on any atom is 0.309 e. The molecule has 3 rings (SSSR count). The molecular weight excluding hydrogens is 338 g/mol. The van der Waals surface area contributed by atoms with Crippen molar-refractivity contribution in [1.82, 2.24) is 10.6 Å². The highest BCUT2D eigenvalue weighted by molar-refractivity contribution is 6.35. The van der Waals surface area contributed by atoms with Crippen LogP contribution in [0.1, 0.15) is 6.42 Å². The molecule has 3 N–H and O–H groups in total. The minimum absolute atomic E-state index is 0.221. The summed E-state index contributed by atoms with van der Waals surface area (Å²) in [6.45, 7) is 5.61. The molecule has 0 aromatic heterocycles. The summed E-state index contributed by atoms with van der Waals surface area (Å²) in [5.74, 6) is 0.0774. The summed E-state index contributed by atoms with van der Waals surface area (Å²) in [4.78, 5) is 25.2. The van der Waals surface area contributed by atoms with Gasteiger partial charge in [-0.1, -0.05) is 12.1 Å². The van der Waals surface area contributed by atoms with Crippen LogP contribution in [0.2, 0.25) is 0 Å². The molecule has 8 heteroatoms. The van der Waals surface area contributed by atoms with Crippen LogP contribution in [-0.4, -0.2) is 70.5 Å². The van der Waals surface area contributed by atoms with E-state index >= 15 is 0 Å². The van der Waals surface area contributed by atoms with Crippen LogP contribution in [0.3, 0.4) is 0 Å². The molecule has 26 heavy (non-hydrogen) atoms. The van der Waals surface area contributed by atoms with Gasteiger partial charge in [0.15, 0.2) is 11.5 Å². The van der Waals surface area contributed by atoms with E-state index in [4.69, 9.17) is 14.2 Å². The number of carbonyl (C=O) groups excluding carboxylic acids is 2. The lowest BCUT2D eigenvalue weighted by molar-refractivity contribution is -0.908. The van der Waals surface area contributed by atoms with Crippen LogP contribution in [-0.2, 0) is 14.3 Å². The molecule has 2 aliphatic heterocycles. The number of hydrogen-bond donors (Lipinski definition) is 3. The predicted octanol–water partition coefficient (Wildman–Crippen LogP) is -1.64. The molecule has 0 unspecified atom stereocenters. The zero-order valence-electron chi connectivity index (χ0n) is 14.8. The van der Waals surface area contributed by atoms with Gasteiger partial charge in [-0.15, -0.1) is 0 Å². The number of fused-ring (bicyclic) bond motifs is 1. The van der Waals surface area contributed by atoms with Crippen molar-refractivity contribution in [3.8, 4) is 11.5 Å². The highest BCUT2D eigenvalue weighted by Crippen LogP contribution is 2.30. The minimum Gasteiger partial charge on any atom is -0.486 e. The fraction of sp³-hybridized carbons (Fsp3) is 0.556. The van der Waals surface area contributed by atoms with Crippen LogP contribution in [0, 0.1) is 0 Å². The van der Waals surface area contributed by atoms with E-state index in [2.05, 4.69) is 10.6 Å². The number of carbonyl (C=O) groups is 2. The summed E-state index contributed by atoms with van der Waals surface area (Å²) in [6.07, 6.45) is 0.525. The summed E-state index contributed by atoms with van der Waals surface area (Å²) < 4.78 is 16.6. The molecule has 0 spiro atoms. The van der Waals surface area contributed by atoms with Crippen molar-refractivity contribution >= 4 is 11.8 Å². The van der Waals surface area contributed by atoms with E-state index in [0.717, 1.165) is 39.3 Å². The Bertz CT molecular complexity index is 619. The highest BCUT2D eigenvalue weighted by Gasteiger charge is 2.22. The molecule has 0 saturated carbocycles. The average molecular weight is 364 g/mol. The van der Waals surface area contributed by atoms with Crippen LogP contribution < -0.4 is 25.0 Å². The Morgan fingerprint density at radius 2 is 1.81 bits per heavy atom. The highest BCUT2D eigenvalue weighted by atomic mass is 16.6. The monoisotopic (exact) mass is 364 g/mol. The summed E-state index contributed by atoms with van der Waals surface area (Å²) >= 11 is 0. The summed E-state index contributed by atoms with van der Waals surface area (Å²) in [5, 5.41) is 5.25. The molecule has 8 nitrogen and oxygen atoms in total. The SMILES string of the molecule is O=C(NCCC[NH+]1CCOCC1)C(=O)NC[C@H]1COc2ccccc2O1. The van der Waals surface area contributed by atoms with Gasteiger partial charge in [0.2, 0.25) is 0 Å². The predicted molar refractivity (Wildman–Crippen MR) is 93.4 cm³/mol. The van der Waals surface area contributed by atoms with Crippen molar-refractivity contribution in [2.75, 3.05) is 52.5 Å². The van der Waals surface area contributed by atoms with Gasteiger partial charge in [0, 0.05) is 13.0 Å². The first-order valence-corrected chi connectivity index (χ1v) is 9.08. The van der Waals surface area contributed by atoms with E-state index in [9.17, 15) is 9.59 Å². The van der Waals surface area contributed by atoms with Crippen LogP contribution >= 0.6 is 0 Å². The molecule has 0 aliphatic carbocycles. The van der Waals surface area contributed by atoms with Gasteiger partial charge in [-0.3, -0.25) is 9.59 Å². The maximum atomic E-state index is 11.9. The van der Waals surface area contributed by atoms with Gasteiger partial charge in [-0.2, -0.15) is 0 Å². The minimum atomic E-state index is -0.647. The van der Waals surface area contributed by atoms with E-state index < -0.39 is 11.8 Å². The molecule has 1 aromatic carbocycles. The number of nitrogens with one attached hydrogen (secondary N) is 3. The number of benzene rings is 1. The zero-order valence-corrected chi connectivity index (χ0v) is 14.8. The van der Waals surface area contributed by atoms with Gasteiger partial charge in [0.05, 0.1) is 26.3 Å². The number of amides is 2. The second-order valence-electron chi connectivity index (χ2n) is 6.43. The van der Waals surface area contributed by atoms with E-state index in [0.29, 0.717) is 24.7 Å². The Morgan fingerprint density at radius 3 is 2.62 bits per heavy atom. The fourth-order valence-corrected chi connectivity index (χ4v) is 2.98. The Labute approximate surface area is 152 Å². The quantitative estimate of drug-likeness (QED) is 0.416. The van der Waals surface area contributed by atoms with Crippen molar-refractivity contribution in [3.05, 3.63) is 24.3 Å². The summed E-state index contributed by atoms with van der Waals surface area (Å²) in [5.41, 5.74) is 0. The normalized spacial score (nSPS) is 19.6. The molecule has 2 amide bonds. The third-order valence-corrected chi connectivity index (χ3v) is 4.46. The van der Waals surface area contributed by atoms with Crippen LogP contribution in [0.15, 0.2) is 24.3 Å². The van der Waals surface area contributed by atoms with Gasteiger partial charge < -0.3 is 29.7 Å². The topological polar surface area (TPSA) is 90.3 Å². The molecule has 1 aromatic rings. The molecule has 0 radical (unpaired) electrons. The first kappa shape index (κ1) is 18.5. The lowest BCUT2D eigenvalue weighted by atomic mass is 10.2. The number of hydrogen-bond acceptors (Lipinski definition) is 5. The third kappa shape index (κ3) is 5.34. The molecule has 1 fully saturated rings. The van der Waals surface area contributed by atoms with Crippen molar-refractivity contribution in [3.63, 3.8) is 0 Å². The zero-order chi connectivity index (χ0) is 18.2. The van der Waals surface area contributed by atoms with Gasteiger partial charge in [-0.05, 0) is 12.1 Å². The summed E-state index contributed by atoms with van der Waals surface area (Å²) in [6, 6.07) is 7.37. The van der Waals surface area contributed by atoms with Crippen molar-refractivity contribution in [2.45, 2.75) is 12.5 Å². The molecule has 142 valence electrons. The lowest BCUT2D eigenvalue weighted by Gasteiger charge is -2.26. The molecule has 1 saturated heterocycles. The Hall–Kier alpha value is -2.32. The third-order valence-electron chi connectivity index (χ3n) is 4.46. The Morgan fingerprint density at radius 1 is 1.08 bits per heavy atom. The van der Waals surface area contributed by atoms with E-state index in [1.807, 2.05) is 24.3 Å². The number of morpholine rings is 1. The van der Waals surface area contributed by atoms with Crippen molar-refractivity contribution < 1.29 is 28.7 Å². The molecular formula is C18H26N3O5+. The van der Waals surface area contributed by atoms with Crippen LogP contribution in [0.4, 0.5) is 0 Å². The molecule has 0 bridgehead atoms. The molecule has 1 atom stereocenters. The standard InChI is InChI=1S/C18H25N3O5/c22-17(19-6-3-7-21-8-10-24-11-9-21)18(23)20-12-14-13-25-15-4-1-2-5-16(15)26-14/h1-2,4-5,14H,3,6-13H2,(H,19,22)(H,20,23)/p+1/t14-/m0/s1. The maximum absolute atomic E-state index is 11.9. The van der Waals surface area contributed by atoms with Crippen molar-refractivity contribution in [1.29, 1.82) is 0 Å².